The zero-order chi connectivity index (χ0) is 25.4. The number of ketones is 1. The quantitative estimate of drug-likeness (QED) is 0.277. The molecule has 1 N–H and O–H groups in total. The molecular weight excluding hydrogens is 473 g/mol. The highest BCUT2D eigenvalue weighted by Gasteiger charge is 2.48. The first-order valence-corrected chi connectivity index (χ1v) is 11.1. The highest BCUT2D eigenvalue weighted by atomic mass is 35.5. The predicted octanol–water partition coefficient (Wildman–Crippen LogP) is 5.74. The summed E-state index contributed by atoms with van der Waals surface area (Å²) in [5.74, 6) is -1.89. The molecule has 180 valence electrons. The van der Waals surface area contributed by atoms with Crippen molar-refractivity contribution in [1.82, 2.24) is 0 Å². The molecule has 0 radical (unpaired) electrons. The van der Waals surface area contributed by atoms with Gasteiger partial charge in [-0.2, -0.15) is 0 Å². The molecule has 0 saturated carbocycles. The number of hydrogen-bond acceptors (Lipinski definition) is 5. The van der Waals surface area contributed by atoms with Crippen LogP contribution in [0.1, 0.15) is 28.3 Å². The number of amides is 1. The van der Waals surface area contributed by atoms with Crippen LogP contribution in [0.3, 0.4) is 0 Å². The number of aliphatic hydroxyl groups is 1. The van der Waals surface area contributed by atoms with Crippen molar-refractivity contribution in [1.29, 1.82) is 0 Å². The molecule has 0 spiro atoms. The van der Waals surface area contributed by atoms with Gasteiger partial charge in [0.2, 0.25) is 0 Å². The van der Waals surface area contributed by atoms with E-state index in [9.17, 15) is 14.7 Å². The van der Waals surface area contributed by atoms with Gasteiger partial charge in [-0.15, -0.1) is 0 Å². The maximum atomic E-state index is 15.0. The summed E-state index contributed by atoms with van der Waals surface area (Å²) in [6, 6.07) is 12.5. The van der Waals surface area contributed by atoms with Crippen LogP contribution in [0.5, 0.6) is 11.5 Å². The van der Waals surface area contributed by atoms with Crippen molar-refractivity contribution in [2.24, 2.45) is 0 Å². The molecule has 1 heterocycles. The van der Waals surface area contributed by atoms with Crippen molar-refractivity contribution in [3.63, 3.8) is 0 Å². The number of carbonyl (C=O) groups is 2. The largest absolute Gasteiger partial charge is 0.507 e. The number of ether oxygens (including phenoxy) is 2. The van der Waals surface area contributed by atoms with Crippen LogP contribution < -0.4 is 14.4 Å². The Morgan fingerprint density at radius 3 is 2.29 bits per heavy atom. The molecule has 4 rings (SSSR count). The molecule has 3 aromatic carbocycles. The van der Waals surface area contributed by atoms with Gasteiger partial charge in [-0.3, -0.25) is 14.5 Å². The number of rotatable bonds is 5. The summed E-state index contributed by atoms with van der Waals surface area (Å²) >= 11 is 6.28. The summed E-state index contributed by atoms with van der Waals surface area (Å²) in [4.78, 5) is 27.7. The zero-order valence-electron chi connectivity index (χ0n) is 19.6. The van der Waals surface area contributed by atoms with E-state index in [0.717, 1.165) is 10.5 Å². The standard InChI is InChI=1S/C27H23ClFNO5/c1-14-12-22(35-4)15(2)11-18(14)25(31)23-24(17-7-5-6-8-20(17)29)30(27(33)26(23)32)16-9-10-21(34-3)19(28)13-16/h5-13,24,31H,1-4H3/b25-23+. The lowest BCUT2D eigenvalue weighted by Gasteiger charge is -2.26. The van der Waals surface area contributed by atoms with Crippen molar-refractivity contribution >= 4 is 34.7 Å². The van der Waals surface area contributed by atoms with Crippen LogP contribution in [-0.2, 0) is 9.59 Å². The first-order valence-electron chi connectivity index (χ1n) is 10.7. The number of benzene rings is 3. The topological polar surface area (TPSA) is 76.1 Å². The number of hydrogen-bond donors (Lipinski definition) is 1. The number of halogens is 2. The molecule has 1 atom stereocenters. The Kier molecular flexibility index (Phi) is 6.54. The third-order valence-corrected chi connectivity index (χ3v) is 6.35. The van der Waals surface area contributed by atoms with Gasteiger partial charge in [-0.25, -0.2) is 4.39 Å². The van der Waals surface area contributed by atoms with E-state index in [1.54, 1.807) is 44.2 Å². The van der Waals surface area contributed by atoms with Crippen molar-refractivity contribution in [2.75, 3.05) is 19.1 Å². The van der Waals surface area contributed by atoms with Crippen molar-refractivity contribution in [2.45, 2.75) is 19.9 Å². The monoisotopic (exact) mass is 495 g/mol. The number of nitrogens with zero attached hydrogens (tertiary/aromatic N) is 1. The molecule has 0 aromatic heterocycles. The van der Waals surface area contributed by atoms with Gasteiger partial charge in [0, 0.05) is 16.8 Å². The van der Waals surface area contributed by atoms with Crippen molar-refractivity contribution in [3.8, 4) is 11.5 Å². The molecule has 1 aliphatic rings. The van der Waals surface area contributed by atoms with E-state index in [0.29, 0.717) is 22.6 Å². The van der Waals surface area contributed by atoms with Gasteiger partial charge in [0.1, 0.15) is 23.1 Å². The molecule has 3 aromatic rings. The van der Waals surface area contributed by atoms with E-state index in [1.165, 1.54) is 38.5 Å². The van der Waals surface area contributed by atoms with Crippen molar-refractivity contribution in [3.05, 3.63) is 93.3 Å². The summed E-state index contributed by atoms with van der Waals surface area (Å²) in [6.45, 7) is 3.54. The summed E-state index contributed by atoms with van der Waals surface area (Å²) < 4.78 is 25.6. The van der Waals surface area contributed by atoms with Crippen LogP contribution in [0.15, 0.2) is 60.2 Å². The van der Waals surface area contributed by atoms with E-state index in [4.69, 9.17) is 21.1 Å². The second-order valence-corrected chi connectivity index (χ2v) is 8.55. The Morgan fingerprint density at radius 2 is 1.66 bits per heavy atom. The van der Waals surface area contributed by atoms with E-state index >= 15 is 4.39 Å². The Hall–Kier alpha value is -3.84. The highest BCUT2D eigenvalue weighted by molar-refractivity contribution is 6.52. The van der Waals surface area contributed by atoms with Crippen LogP contribution >= 0.6 is 11.6 Å². The molecule has 1 aliphatic heterocycles. The van der Waals surface area contributed by atoms with Crippen LogP contribution in [0.4, 0.5) is 10.1 Å². The maximum absolute atomic E-state index is 15.0. The van der Waals surface area contributed by atoms with E-state index in [-0.39, 0.29) is 21.8 Å². The second kappa shape index (κ2) is 9.43. The van der Waals surface area contributed by atoms with Crippen molar-refractivity contribution < 1.29 is 28.6 Å². The number of aliphatic hydroxyl groups excluding tert-OH is 1. The lowest BCUT2D eigenvalue weighted by molar-refractivity contribution is -0.132. The van der Waals surface area contributed by atoms with E-state index < -0.39 is 29.3 Å². The highest BCUT2D eigenvalue weighted by Crippen LogP contribution is 2.44. The average molecular weight is 496 g/mol. The molecule has 35 heavy (non-hydrogen) atoms. The summed E-state index contributed by atoms with van der Waals surface area (Å²) in [6.07, 6.45) is 0. The summed E-state index contributed by atoms with van der Waals surface area (Å²) in [5.41, 5.74) is 1.78. The van der Waals surface area contributed by atoms with Gasteiger partial charge >= 0.3 is 0 Å². The normalized spacial score (nSPS) is 17.1. The summed E-state index contributed by atoms with van der Waals surface area (Å²) in [5, 5.41) is 11.6. The van der Waals surface area contributed by atoms with Gasteiger partial charge < -0.3 is 14.6 Å². The average Bonchev–Trinajstić information content (AvgIpc) is 3.10. The van der Waals surface area contributed by atoms with Crippen LogP contribution in [0.2, 0.25) is 5.02 Å². The Bertz CT molecular complexity index is 1380. The smallest absolute Gasteiger partial charge is 0.300 e. The Balaban J connectivity index is 1.99. The second-order valence-electron chi connectivity index (χ2n) is 8.15. The van der Waals surface area contributed by atoms with E-state index in [2.05, 4.69) is 0 Å². The molecule has 1 unspecified atom stereocenters. The number of aryl methyl sites for hydroxylation is 2. The molecule has 0 aliphatic carbocycles. The zero-order valence-corrected chi connectivity index (χ0v) is 20.3. The number of Topliss-reactive ketones (excluding diaryl/α,β-unsaturated/α-hetero) is 1. The first kappa shape index (κ1) is 24.3. The lowest BCUT2D eigenvalue weighted by Crippen LogP contribution is -2.29. The number of carbonyl (C=O) groups excluding carboxylic acids is 2. The predicted molar refractivity (Wildman–Crippen MR) is 132 cm³/mol. The fourth-order valence-corrected chi connectivity index (χ4v) is 4.56. The minimum atomic E-state index is -1.22. The molecule has 1 saturated heterocycles. The SMILES string of the molecule is COc1cc(C)c(/C(O)=C2\C(=O)C(=O)N(c3ccc(OC)c(Cl)c3)C2c2ccccc2F)cc1C. The maximum Gasteiger partial charge on any atom is 0.300 e. The minimum absolute atomic E-state index is 0.0584. The van der Waals surface area contributed by atoms with Crippen LogP contribution in [-0.4, -0.2) is 31.0 Å². The molecule has 0 bridgehead atoms. The van der Waals surface area contributed by atoms with Crippen LogP contribution in [0, 0.1) is 19.7 Å². The fourth-order valence-electron chi connectivity index (χ4n) is 4.30. The third-order valence-electron chi connectivity index (χ3n) is 6.05. The Labute approximate surface area is 207 Å². The van der Waals surface area contributed by atoms with Crippen LogP contribution in [0.25, 0.3) is 5.76 Å². The van der Waals surface area contributed by atoms with Gasteiger partial charge in [0.15, 0.2) is 0 Å². The fraction of sp³-hybridized carbons (Fsp3) is 0.185. The lowest BCUT2D eigenvalue weighted by atomic mass is 9.92. The third kappa shape index (κ3) is 4.12. The molecule has 1 amide bonds. The Morgan fingerprint density at radius 1 is 0.971 bits per heavy atom. The molecule has 1 fully saturated rings. The van der Waals surface area contributed by atoms with E-state index in [1.807, 2.05) is 0 Å². The minimum Gasteiger partial charge on any atom is -0.507 e. The summed E-state index contributed by atoms with van der Waals surface area (Å²) in [7, 11) is 2.98. The molecule has 6 nitrogen and oxygen atoms in total. The number of anilines is 1. The molecular formula is C27H23ClFNO5. The molecule has 8 heteroatoms. The van der Waals surface area contributed by atoms with Gasteiger partial charge in [-0.1, -0.05) is 29.8 Å². The van der Waals surface area contributed by atoms with Gasteiger partial charge in [0.05, 0.1) is 30.9 Å². The van der Waals surface area contributed by atoms with Gasteiger partial charge in [-0.05, 0) is 61.4 Å². The number of methoxy groups -OCH3 is 2. The first-order chi connectivity index (χ1) is 16.7. The van der Waals surface area contributed by atoms with Gasteiger partial charge in [0.25, 0.3) is 11.7 Å².